The number of carbonyl (C=O) groups excluding carboxylic acids is 2. The summed E-state index contributed by atoms with van der Waals surface area (Å²) in [5.41, 5.74) is 0.899. The number of ether oxygens (including phenoxy) is 1. The Bertz CT molecular complexity index is 511. The largest absolute Gasteiger partial charge is 0.465 e. The summed E-state index contributed by atoms with van der Waals surface area (Å²) in [7, 11) is 1.70. The summed E-state index contributed by atoms with van der Waals surface area (Å²) in [4.78, 5) is 24.7. The van der Waals surface area contributed by atoms with Crippen molar-refractivity contribution >= 4 is 46.8 Å². The summed E-state index contributed by atoms with van der Waals surface area (Å²) < 4.78 is 4.79. The van der Waals surface area contributed by atoms with Crippen molar-refractivity contribution in [1.82, 2.24) is 4.90 Å². The Balaban J connectivity index is 2.40. The first kappa shape index (κ1) is 18.1. The highest BCUT2D eigenvalue weighted by molar-refractivity contribution is 8.00. The van der Waals surface area contributed by atoms with Gasteiger partial charge in [0.15, 0.2) is 0 Å². The van der Waals surface area contributed by atoms with Gasteiger partial charge in [0.05, 0.1) is 28.2 Å². The molecular formula is C14H17Cl2NO3S. The molecule has 0 radical (unpaired) electrons. The fraction of sp³-hybridized carbons (Fsp3) is 0.429. The Labute approximate surface area is 138 Å². The summed E-state index contributed by atoms with van der Waals surface area (Å²) in [5, 5.41) is 0.950. The lowest BCUT2D eigenvalue weighted by molar-refractivity contribution is -0.139. The van der Waals surface area contributed by atoms with Crippen LogP contribution in [0.4, 0.5) is 0 Å². The van der Waals surface area contributed by atoms with Crippen LogP contribution in [0.1, 0.15) is 12.5 Å². The Kier molecular flexibility index (Phi) is 7.93. The van der Waals surface area contributed by atoms with E-state index >= 15 is 0 Å². The highest BCUT2D eigenvalue weighted by atomic mass is 35.5. The van der Waals surface area contributed by atoms with Gasteiger partial charge in [-0.3, -0.25) is 9.59 Å². The Morgan fingerprint density at radius 1 is 1.24 bits per heavy atom. The lowest BCUT2D eigenvalue weighted by Crippen LogP contribution is -2.28. The lowest BCUT2D eigenvalue weighted by atomic mass is 10.2. The molecule has 1 amide bonds. The second-order valence-corrected chi connectivity index (χ2v) is 6.10. The van der Waals surface area contributed by atoms with Crippen molar-refractivity contribution in [3.05, 3.63) is 33.8 Å². The molecule has 0 aliphatic heterocycles. The molecule has 0 fully saturated rings. The molecule has 116 valence electrons. The lowest BCUT2D eigenvalue weighted by Gasteiger charge is -2.17. The van der Waals surface area contributed by atoms with Gasteiger partial charge in [0.25, 0.3) is 0 Å². The van der Waals surface area contributed by atoms with Crippen LogP contribution in [-0.2, 0) is 20.9 Å². The number of carbonyl (C=O) groups is 2. The van der Waals surface area contributed by atoms with Crippen LogP contribution < -0.4 is 0 Å². The van der Waals surface area contributed by atoms with Crippen molar-refractivity contribution in [2.45, 2.75) is 13.5 Å². The van der Waals surface area contributed by atoms with Gasteiger partial charge in [-0.15, -0.1) is 11.8 Å². The molecule has 0 aliphatic rings. The molecule has 0 heterocycles. The fourth-order valence-corrected chi connectivity index (χ4v) is 2.60. The highest BCUT2D eigenvalue weighted by Gasteiger charge is 2.11. The molecule has 21 heavy (non-hydrogen) atoms. The van der Waals surface area contributed by atoms with Crippen molar-refractivity contribution in [2.24, 2.45) is 0 Å². The zero-order valence-electron chi connectivity index (χ0n) is 11.9. The number of benzene rings is 1. The number of esters is 1. The molecule has 7 heteroatoms. The van der Waals surface area contributed by atoms with E-state index < -0.39 is 0 Å². The van der Waals surface area contributed by atoms with Gasteiger partial charge < -0.3 is 9.64 Å². The molecular weight excluding hydrogens is 333 g/mol. The monoisotopic (exact) mass is 349 g/mol. The normalized spacial score (nSPS) is 10.3. The predicted octanol–water partition coefficient (Wildman–Crippen LogP) is 3.25. The maximum absolute atomic E-state index is 11.9. The fourth-order valence-electron chi connectivity index (χ4n) is 1.53. The molecule has 0 aliphatic carbocycles. The van der Waals surface area contributed by atoms with Gasteiger partial charge in [0, 0.05) is 13.6 Å². The molecule has 0 spiro atoms. The van der Waals surface area contributed by atoms with Gasteiger partial charge in [-0.2, -0.15) is 0 Å². The van der Waals surface area contributed by atoms with E-state index in [4.69, 9.17) is 27.9 Å². The van der Waals surface area contributed by atoms with Crippen LogP contribution in [-0.4, -0.2) is 41.9 Å². The number of hydrogen-bond acceptors (Lipinski definition) is 4. The van der Waals surface area contributed by atoms with E-state index in [0.717, 1.165) is 5.56 Å². The zero-order chi connectivity index (χ0) is 15.8. The third kappa shape index (κ3) is 6.59. The number of rotatable bonds is 7. The number of nitrogens with zero attached hydrogens (tertiary/aromatic N) is 1. The van der Waals surface area contributed by atoms with Gasteiger partial charge in [-0.05, 0) is 24.6 Å². The average molecular weight is 350 g/mol. The van der Waals surface area contributed by atoms with Crippen LogP contribution >= 0.6 is 35.0 Å². The van der Waals surface area contributed by atoms with E-state index in [0.29, 0.717) is 23.2 Å². The van der Waals surface area contributed by atoms with E-state index in [1.54, 1.807) is 31.0 Å². The third-order valence-corrected chi connectivity index (χ3v) is 4.21. The molecule has 0 unspecified atom stereocenters. The summed E-state index contributed by atoms with van der Waals surface area (Å²) in [6.07, 6.45) is 0. The maximum Gasteiger partial charge on any atom is 0.315 e. The molecule has 4 nitrogen and oxygen atoms in total. The summed E-state index contributed by atoms with van der Waals surface area (Å²) in [6.45, 7) is 2.54. The molecule has 0 N–H and O–H groups in total. The van der Waals surface area contributed by atoms with Gasteiger partial charge in [0.1, 0.15) is 0 Å². The number of thioether (sulfide) groups is 1. The standard InChI is InChI=1S/C14H17Cl2NO3S/c1-3-20-14(19)9-21-8-13(18)17(2)7-10-4-5-11(15)12(16)6-10/h4-6H,3,7-9H2,1-2H3. The van der Waals surface area contributed by atoms with E-state index in [1.165, 1.54) is 11.8 Å². The molecule has 0 bridgehead atoms. The average Bonchev–Trinajstić information content (AvgIpc) is 2.43. The summed E-state index contributed by atoms with van der Waals surface area (Å²) in [6, 6.07) is 5.26. The first-order valence-electron chi connectivity index (χ1n) is 6.35. The van der Waals surface area contributed by atoms with Gasteiger partial charge in [-0.25, -0.2) is 0 Å². The predicted molar refractivity (Wildman–Crippen MR) is 86.9 cm³/mol. The van der Waals surface area contributed by atoms with Crippen molar-refractivity contribution < 1.29 is 14.3 Å². The maximum atomic E-state index is 11.9. The minimum Gasteiger partial charge on any atom is -0.465 e. The van der Waals surface area contributed by atoms with Crippen molar-refractivity contribution in [3.63, 3.8) is 0 Å². The quantitative estimate of drug-likeness (QED) is 0.709. The molecule has 0 aromatic heterocycles. The second-order valence-electron chi connectivity index (χ2n) is 4.30. The van der Waals surface area contributed by atoms with E-state index in [2.05, 4.69) is 0 Å². The van der Waals surface area contributed by atoms with Crippen LogP contribution in [0.2, 0.25) is 10.0 Å². The summed E-state index contributed by atoms with van der Waals surface area (Å²) in [5.74, 6) is 0.0504. The smallest absolute Gasteiger partial charge is 0.315 e. The zero-order valence-corrected chi connectivity index (χ0v) is 14.2. The molecule has 0 saturated carbocycles. The van der Waals surface area contributed by atoms with E-state index in [9.17, 15) is 9.59 Å². The first-order chi connectivity index (χ1) is 9.93. The molecule has 1 rings (SSSR count). The number of amides is 1. The van der Waals surface area contributed by atoms with Crippen LogP contribution in [0.3, 0.4) is 0 Å². The first-order valence-corrected chi connectivity index (χ1v) is 8.26. The van der Waals surface area contributed by atoms with Crippen molar-refractivity contribution in [2.75, 3.05) is 25.2 Å². The van der Waals surface area contributed by atoms with E-state index in [1.807, 2.05) is 6.07 Å². The van der Waals surface area contributed by atoms with Crippen LogP contribution in [0, 0.1) is 0 Å². The topological polar surface area (TPSA) is 46.6 Å². The number of hydrogen-bond donors (Lipinski definition) is 0. The van der Waals surface area contributed by atoms with Crippen LogP contribution in [0.5, 0.6) is 0 Å². The highest BCUT2D eigenvalue weighted by Crippen LogP contribution is 2.23. The molecule has 1 aromatic rings. The van der Waals surface area contributed by atoms with Crippen LogP contribution in [0.25, 0.3) is 0 Å². The minimum atomic E-state index is -0.303. The SMILES string of the molecule is CCOC(=O)CSCC(=O)N(C)Cc1ccc(Cl)c(Cl)c1. The van der Waals surface area contributed by atoms with E-state index in [-0.39, 0.29) is 23.4 Å². The van der Waals surface area contributed by atoms with Crippen molar-refractivity contribution in [3.8, 4) is 0 Å². The minimum absolute atomic E-state index is 0.0598. The van der Waals surface area contributed by atoms with Crippen molar-refractivity contribution in [1.29, 1.82) is 0 Å². The molecule has 1 aromatic carbocycles. The van der Waals surface area contributed by atoms with Crippen LogP contribution in [0.15, 0.2) is 18.2 Å². The summed E-state index contributed by atoms with van der Waals surface area (Å²) >= 11 is 13.0. The van der Waals surface area contributed by atoms with Gasteiger partial charge >= 0.3 is 5.97 Å². The Hall–Kier alpha value is -0.910. The third-order valence-electron chi connectivity index (χ3n) is 2.58. The van der Waals surface area contributed by atoms with Gasteiger partial charge in [-0.1, -0.05) is 29.3 Å². The molecule has 0 atom stereocenters. The Morgan fingerprint density at radius 2 is 1.95 bits per heavy atom. The molecule has 0 saturated heterocycles. The Morgan fingerprint density at radius 3 is 2.57 bits per heavy atom. The number of halogens is 2. The second kappa shape index (κ2) is 9.18. The van der Waals surface area contributed by atoms with Gasteiger partial charge in [0.2, 0.25) is 5.91 Å².